The van der Waals surface area contributed by atoms with Gasteiger partial charge in [-0.2, -0.15) is 4.31 Å². The van der Waals surface area contributed by atoms with E-state index in [0.717, 1.165) is 15.6 Å². The summed E-state index contributed by atoms with van der Waals surface area (Å²) >= 11 is 1.16. The van der Waals surface area contributed by atoms with Crippen molar-refractivity contribution in [2.75, 3.05) is 18.6 Å². The molecule has 1 fully saturated rings. The number of aliphatic hydroxyl groups is 1. The Morgan fingerprint density at radius 2 is 2.21 bits per heavy atom. The predicted molar refractivity (Wildman–Crippen MR) is 72.2 cm³/mol. The summed E-state index contributed by atoms with van der Waals surface area (Å²) in [5.41, 5.74) is 0. The molecule has 1 aliphatic heterocycles. The topological polar surface area (TPSA) is 91.8 Å². The van der Waals surface area contributed by atoms with Gasteiger partial charge in [0.05, 0.1) is 23.0 Å². The summed E-state index contributed by atoms with van der Waals surface area (Å²) in [4.78, 5) is 0.666. The third kappa shape index (κ3) is 3.00. The van der Waals surface area contributed by atoms with Crippen LogP contribution in [0.4, 0.5) is 0 Å². The Kier molecular flexibility index (Phi) is 4.03. The molecular weight excluding hydrogens is 310 g/mol. The molecular formula is C10H15NO5S3. The summed E-state index contributed by atoms with van der Waals surface area (Å²) in [6.45, 7) is -0.207. The molecule has 0 aliphatic carbocycles. The maximum absolute atomic E-state index is 12.3. The van der Waals surface area contributed by atoms with E-state index < -0.39 is 25.9 Å². The number of nitrogens with zero attached hydrogens (tertiary/aromatic N) is 1. The predicted octanol–water partition coefficient (Wildman–Crippen LogP) is 0.0480. The highest BCUT2D eigenvalue weighted by atomic mass is 32.2. The van der Waals surface area contributed by atoms with Gasteiger partial charge in [-0.3, -0.25) is 0 Å². The van der Waals surface area contributed by atoms with Crippen LogP contribution >= 0.6 is 11.3 Å². The van der Waals surface area contributed by atoms with E-state index in [1.54, 1.807) is 0 Å². The minimum Gasteiger partial charge on any atom is -0.391 e. The van der Waals surface area contributed by atoms with E-state index in [2.05, 4.69) is 0 Å². The molecule has 9 heteroatoms. The molecule has 0 aromatic carbocycles. The molecule has 1 saturated heterocycles. The zero-order chi connectivity index (χ0) is 14.3. The summed E-state index contributed by atoms with van der Waals surface area (Å²) < 4.78 is 48.6. The van der Waals surface area contributed by atoms with Gasteiger partial charge in [0.2, 0.25) is 10.0 Å². The first-order valence-corrected chi connectivity index (χ1v) is 9.77. The standard InChI is InChI=1S/C10H15NO5S3/c1-11(8-2-3-18(13,14)7-8)19(15,16)10-4-9(5-12)17-6-10/h4,6,8,12H,2-3,5,7H2,1H3. The zero-order valence-electron chi connectivity index (χ0n) is 10.3. The lowest BCUT2D eigenvalue weighted by Gasteiger charge is -2.22. The number of hydrogen-bond donors (Lipinski definition) is 1. The summed E-state index contributed by atoms with van der Waals surface area (Å²) in [6, 6.07) is 0.910. The molecule has 1 aromatic heterocycles. The fourth-order valence-corrected chi connectivity index (χ4v) is 6.38. The monoisotopic (exact) mass is 325 g/mol. The van der Waals surface area contributed by atoms with Crippen LogP contribution in [0.25, 0.3) is 0 Å². The van der Waals surface area contributed by atoms with E-state index in [1.807, 2.05) is 0 Å². The zero-order valence-corrected chi connectivity index (χ0v) is 12.8. The molecule has 108 valence electrons. The van der Waals surface area contributed by atoms with Crippen LogP contribution in [0.1, 0.15) is 11.3 Å². The molecule has 0 amide bonds. The second-order valence-electron chi connectivity index (χ2n) is 4.48. The van der Waals surface area contributed by atoms with E-state index in [4.69, 9.17) is 5.11 Å². The maximum atomic E-state index is 12.3. The lowest BCUT2D eigenvalue weighted by Crippen LogP contribution is -2.37. The van der Waals surface area contributed by atoms with Gasteiger partial charge >= 0.3 is 0 Å². The van der Waals surface area contributed by atoms with Crippen molar-refractivity contribution in [3.63, 3.8) is 0 Å². The summed E-state index contributed by atoms with van der Waals surface area (Å²) in [5, 5.41) is 10.4. The van der Waals surface area contributed by atoms with Crippen LogP contribution in [0.2, 0.25) is 0 Å². The average molecular weight is 325 g/mol. The Hall–Kier alpha value is -0.480. The molecule has 1 aromatic rings. The summed E-state index contributed by atoms with van der Waals surface area (Å²) in [7, 11) is -5.42. The van der Waals surface area contributed by atoms with Crippen LogP contribution in [0.15, 0.2) is 16.3 Å². The van der Waals surface area contributed by atoms with Crippen molar-refractivity contribution < 1.29 is 21.9 Å². The minimum absolute atomic E-state index is 0.0308. The first-order valence-electron chi connectivity index (χ1n) is 5.63. The molecule has 19 heavy (non-hydrogen) atoms. The van der Waals surface area contributed by atoms with Crippen LogP contribution < -0.4 is 0 Å². The largest absolute Gasteiger partial charge is 0.391 e. The normalized spacial score (nSPS) is 23.0. The Balaban J connectivity index is 2.25. The first-order chi connectivity index (χ1) is 8.76. The number of aliphatic hydroxyl groups excluding tert-OH is 1. The van der Waals surface area contributed by atoms with E-state index in [-0.39, 0.29) is 23.0 Å². The SMILES string of the molecule is CN(C1CCS(=O)(=O)C1)S(=O)(=O)c1csc(CO)c1. The molecule has 1 aliphatic rings. The van der Waals surface area contributed by atoms with Crippen molar-refractivity contribution in [3.05, 3.63) is 16.3 Å². The molecule has 2 heterocycles. The highest BCUT2D eigenvalue weighted by Gasteiger charge is 2.36. The maximum Gasteiger partial charge on any atom is 0.243 e. The van der Waals surface area contributed by atoms with Gasteiger partial charge in [0.1, 0.15) is 0 Å². The Bertz CT molecular complexity index is 661. The van der Waals surface area contributed by atoms with Gasteiger partial charge in [0, 0.05) is 23.3 Å². The Morgan fingerprint density at radius 3 is 2.68 bits per heavy atom. The van der Waals surface area contributed by atoms with Crippen LogP contribution in [0.5, 0.6) is 0 Å². The van der Waals surface area contributed by atoms with Gasteiger partial charge in [0.25, 0.3) is 0 Å². The van der Waals surface area contributed by atoms with E-state index in [0.29, 0.717) is 11.3 Å². The summed E-state index contributed by atoms with van der Waals surface area (Å²) in [6.07, 6.45) is 0.328. The molecule has 0 saturated carbocycles. The quantitative estimate of drug-likeness (QED) is 0.844. The van der Waals surface area contributed by atoms with E-state index >= 15 is 0 Å². The van der Waals surface area contributed by atoms with Crippen molar-refractivity contribution in [3.8, 4) is 0 Å². The highest BCUT2D eigenvalue weighted by molar-refractivity contribution is 7.92. The Morgan fingerprint density at radius 1 is 1.53 bits per heavy atom. The van der Waals surface area contributed by atoms with Gasteiger partial charge in [-0.1, -0.05) is 0 Å². The highest BCUT2D eigenvalue weighted by Crippen LogP contribution is 2.26. The van der Waals surface area contributed by atoms with Crippen LogP contribution in [0.3, 0.4) is 0 Å². The third-order valence-electron chi connectivity index (χ3n) is 3.19. The number of sulfonamides is 1. The van der Waals surface area contributed by atoms with Crippen molar-refractivity contribution in [1.82, 2.24) is 4.31 Å². The van der Waals surface area contributed by atoms with Crippen LogP contribution in [0, 0.1) is 0 Å². The third-order valence-corrected chi connectivity index (χ3v) is 7.89. The average Bonchev–Trinajstić information content (AvgIpc) is 2.94. The molecule has 0 radical (unpaired) electrons. The van der Waals surface area contributed by atoms with Crippen LogP contribution in [-0.2, 0) is 26.5 Å². The van der Waals surface area contributed by atoms with Gasteiger partial charge in [-0.25, -0.2) is 16.8 Å². The molecule has 2 rings (SSSR count). The van der Waals surface area contributed by atoms with Crippen molar-refractivity contribution in [2.24, 2.45) is 0 Å². The number of thiophene rings is 1. The minimum atomic E-state index is -3.69. The summed E-state index contributed by atoms with van der Waals surface area (Å²) in [5.74, 6) is -0.0945. The fourth-order valence-electron chi connectivity index (χ4n) is 2.00. The smallest absolute Gasteiger partial charge is 0.243 e. The van der Waals surface area contributed by atoms with Gasteiger partial charge in [0.15, 0.2) is 9.84 Å². The van der Waals surface area contributed by atoms with Gasteiger partial charge < -0.3 is 5.11 Å². The molecule has 0 spiro atoms. The lowest BCUT2D eigenvalue weighted by atomic mass is 10.3. The number of hydrogen-bond acceptors (Lipinski definition) is 6. The van der Waals surface area contributed by atoms with Crippen molar-refractivity contribution >= 4 is 31.2 Å². The van der Waals surface area contributed by atoms with Crippen molar-refractivity contribution in [2.45, 2.75) is 24.0 Å². The van der Waals surface area contributed by atoms with Crippen LogP contribution in [-0.4, -0.2) is 50.8 Å². The second kappa shape index (κ2) is 5.13. The molecule has 1 unspecified atom stereocenters. The lowest BCUT2D eigenvalue weighted by molar-refractivity contribution is 0.285. The second-order valence-corrected chi connectivity index (χ2v) is 9.71. The van der Waals surface area contributed by atoms with Gasteiger partial charge in [-0.15, -0.1) is 11.3 Å². The van der Waals surface area contributed by atoms with E-state index in [9.17, 15) is 16.8 Å². The first kappa shape index (κ1) is 14.9. The molecule has 1 N–H and O–H groups in total. The fraction of sp³-hybridized carbons (Fsp3) is 0.600. The van der Waals surface area contributed by atoms with Gasteiger partial charge in [-0.05, 0) is 12.5 Å². The Labute approximate surface area is 116 Å². The number of sulfone groups is 1. The number of rotatable bonds is 4. The van der Waals surface area contributed by atoms with Crippen molar-refractivity contribution in [1.29, 1.82) is 0 Å². The van der Waals surface area contributed by atoms with E-state index in [1.165, 1.54) is 18.5 Å². The molecule has 1 atom stereocenters. The molecule has 6 nitrogen and oxygen atoms in total. The molecule has 0 bridgehead atoms.